The Morgan fingerprint density at radius 3 is 2.35 bits per heavy atom. The third-order valence-electron chi connectivity index (χ3n) is 2.89. The summed E-state index contributed by atoms with van der Waals surface area (Å²) in [5.41, 5.74) is 0. The van der Waals surface area contributed by atoms with E-state index in [1.807, 2.05) is 0 Å². The number of carbonyl (C=O) groups excluding carboxylic acids is 1. The second kappa shape index (κ2) is 5.48. The molecule has 0 heterocycles. The first-order chi connectivity index (χ1) is 7.83. The van der Waals surface area contributed by atoms with Crippen molar-refractivity contribution >= 4 is 21.7 Å². The van der Waals surface area contributed by atoms with Crippen molar-refractivity contribution in [1.29, 1.82) is 0 Å². The van der Waals surface area contributed by atoms with E-state index >= 15 is 0 Å². The molecule has 0 aromatic heterocycles. The molecule has 1 aliphatic rings. The molecule has 0 unspecified atom stereocenters. The number of sulfone groups is 1. The van der Waals surface area contributed by atoms with Crippen LogP contribution in [0, 0.1) is 0 Å². The smallest absolute Gasteiger partial charge is 0.325 e. The summed E-state index contributed by atoms with van der Waals surface area (Å²) in [6.45, 7) is 1.29. The number of aliphatic carboxylic acids is 1. The molecule has 1 aliphatic carbocycles. The maximum absolute atomic E-state index is 11.8. The fraction of sp³-hybridized carbons (Fsp3) is 0.800. The number of carboxylic acids is 1. The van der Waals surface area contributed by atoms with E-state index in [-0.39, 0.29) is 0 Å². The lowest BCUT2D eigenvalue weighted by Crippen LogP contribution is -2.42. The molecule has 1 atom stereocenters. The zero-order valence-electron chi connectivity index (χ0n) is 9.68. The van der Waals surface area contributed by atoms with Gasteiger partial charge < -0.3 is 10.4 Å². The van der Waals surface area contributed by atoms with Crippen LogP contribution in [0.5, 0.6) is 0 Å². The van der Waals surface area contributed by atoms with Gasteiger partial charge in [-0.15, -0.1) is 0 Å². The summed E-state index contributed by atoms with van der Waals surface area (Å²) in [6, 6.07) is -1.07. The molecule has 0 radical (unpaired) electrons. The van der Waals surface area contributed by atoms with E-state index in [1.165, 1.54) is 6.92 Å². The van der Waals surface area contributed by atoms with Crippen molar-refractivity contribution < 1.29 is 23.1 Å². The minimum Gasteiger partial charge on any atom is -0.480 e. The predicted octanol–water partition coefficient (Wildman–Crippen LogP) is -0.0669. The maximum Gasteiger partial charge on any atom is 0.325 e. The fourth-order valence-corrected chi connectivity index (χ4v) is 3.63. The lowest BCUT2D eigenvalue weighted by molar-refractivity contribution is -0.140. The highest BCUT2D eigenvalue weighted by atomic mass is 32.2. The molecule has 0 aromatic carbocycles. The topological polar surface area (TPSA) is 101 Å². The van der Waals surface area contributed by atoms with E-state index in [1.54, 1.807) is 0 Å². The highest BCUT2D eigenvalue weighted by molar-refractivity contribution is 7.92. The Balaban J connectivity index is 2.53. The Labute approximate surface area is 100 Å². The molecule has 1 rings (SSSR count). The molecule has 1 amide bonds. The van der Waals surface area contributed by atoms with Gasteiger partial charge in [-0.2, -0.15) is 0 Å². The number of amides is 1. The summed E-state index contributed by atoms with van der Waals surface area (Å²) in [7, 11) is -3.44. The van der Waals surface area contributed by atoms with Crippen molar-refractivity contribution in [2.24, 2.45) is 0 Å². The van der Waals surface area contributed by atoms with Crippen LogP contribution in [0.2, 0.25) is 0 Å². The van der Waals surface area contributed by atoms with Gasteiger partial charge in [0.05, 0.1) is 5.25 Å². The SMILES string of the molecule is C[C@@H](NC(=O)CS(=O)(=O)C1CCCC1)C(=O)O. The van der Waals surface area contributed by atoms with Gasteiger partial charge in [0.15, 0.2) is 9.84 Å². The van der Waals surface area contributed by atoms with Crippen molar-refractivity contribution in [2.45, 2.75) is 43.9 Å². The van der Waals surface area contributed by atoms with Gasteiger partial charge in [-0.05, 0) is 19.8 Å². The van der Waals surface area contributed by atoms with Gasteiger partial charge >= 0.3 is 5.97 Å². The minimum atomic E-state index is -3.44. The molecule has 1 saturated carbocycles. The van der Waals surface area contributed by atoms with Crippen LogP contribution in [0.25, 0.3) is 0 Å². The Morgan fingerprint density at radius 1 is 1.35 bits per heavy atom. The lowest BCUT2D eigenvalue weighted by atomic mass is 10.3. The van der Waals surface area contributed by atoms with Gasteiger partial charge in [-0.25, -0.2) is 8.42 Å². The molecule has 6 nitrogen and oxygen atoms in total. The molecule has 0 saturated heterocycles. The third-order valence-corrected chi connectivity index (χ3v) is 5.04. The second-order valence-electron chi connectivity index (χ2n) is 4.34. The highest BCUT2D eigenvalue weighted by Gasteiger charge is 2.31. The Hall–Kier alpha value is -1.11. The number of carboxylic acid groups (broad SMARTS) is 1. The average molecular weight is 263 g/mol. The normalized spacial score (nSPS) is 18.9. The third kappa shape index (κ3) is 3.99. The molecule has 0 bridgehead atoms. The van der Waals surface area contributed by atoms with Crippen molar-refractivity contribution in [3.05, 3.63) is 0 Å². The van der Waals surface area contributed by atoms with Gasteiger partial charge in [0.2, 0.25) is 5.91 Å². The molecule has 0 aromatic rings. The zero-order valence-corrected chi connectivity index (χ0v) is 10.5. The van der Waals surface area contributed by atoms with Crippen LogP contribution in [0.1, 0.15) is 32.6 Å². The Morgan fingerprint density at radius 2 is 1.88 bits per heavy atom. The monoisotopic (exact) mass is 263 g/mol. The molecule has 98 valence electrons. The first-order valence-corrected chi connectivity index (χ1v) is 7.28. The lowest BCUT2D eigenvalue weighted by Gasteiger charge is -2.12. The second-order valence-corrected chi connectivity index (χ2v) is 6.62. The summed E-state index contributed by atoms with van der Waals surface area (Å²) in [4.78, 5) is 21.9. The van der Waals surface area contributed by atoms with E-state index in [4.69, 9.17) is 5.11 Å². The largest absolute Gasteiger partial charge is 0.480 e. The summed E-state index contributed by atoms with van der Waals surface area (Å²) in [5.74, 6) is -2.54. The predicted molar refractivity (Wildman–Crippen MR) is 61.3 cm³/mol. The zero-order chi connectivity index (χ0) is 13.1. The van der Waals surface area contributed by atoms with Crippen molar-refractivity contribution in [3.8, 4) is 0 Å². The average Bonchev–Trinajstić information content (AvgIpc) is 2.69. The van der Waals surface area contributed by atoms with E-state index in [0.717, 1.165) is 12.8 Å². The summed E-state index contributed by atoms with van der Waals surface area (Å²) in [6.07, 6.45) is 2.95. The van der Waals surface area contributed by atoms with Crippen LogP contribution in [0.3, 0.4) is 0 Å². The van der Waals surface area contributed by atoms with Gasteiger partial charge in [0, 0.05) is 0 Å². The summed E-state index contributed by atoms with van der Waals surface area (Å²) in [5, 5.41) is 10.3. The van der Waals surface area contributed by atoms with E-state index in [2.05, 4.69) is 5.32 Å². The quantitative estimate of drug-likeness (QED) is 0.723. The highest BCUT2D eigenvalue weighted by Crippen LogP contribution is 2.25. The first-order valence-electron chi connectivity index (χ1n) is 5.56. The molecule has 1 fully saturated rings. The molecular formula is C10H17NO5S. The van der Waals surface area contributed by atoms with E-state index in [0.29, 0.717) is 12.8 Å². The number of rotatable bonds is 5. The number of hydrogen-bond donors (Lipinski definition) is 2. The number of nitrogens with one attached hydrogen (secondary N) is 1. The maximum atomic E-state index is 11.8. The molecule has 17 heavy (non-hydrogen) atoms. The summed E-state index contributed by atoms with van der Waals surface area (Å²) < 4.78 is 23.6. The summed E-state index contributed by atoms with van der Waals surface area (Å²) >= 11 is 0. The molecular weight excluding hydrogens is 246 g/mol. The molecule has 2 N–H and O–H groups in total. The molecule has 0 aliphatic heterocycles. The minimum absolute atomic E-state index is 0.437. The molecule has 0 spiro atoms. The Bertz CT molecular complexity index is 397. The van der Waals surface area contributed by atoms with Crippen LogP contribution in [0.4, 0.5) is 0 Å². The van der Waals surface area contributed by atoms with Crippen LogP contribution in [-0.2, 0) is 19.4 Å². The Kier molecular flexibility index (Phi) is 4.50. The van der Waals surface area contributed by atoms with Crippen LogP contribution >= 0.6 is 0 Å². The fourth-order valence-electron chi connectivity index (χ4n) is 1.89. The number of carbonyl (C=O) groups is 2. The van der Waals surface area contributed by atoms with Gasteiger partial charge in [0.25, 0.3) is 0 Å². The van der Waals surface area contributed by atoms with E-state index < -0.39 is 38.8 Å². The van der Waals surface area contributed by atoms with Crippen LogP contribution in [0.15, 0.2) is 0 Å². The standard InChI is InChI=1S/C10H17NO5S/c1-7(10(13)14)11-9(12)6-17(15,16)8-4-2-3-5-8/h7-8H,2-6H2,1H3,(H,11,12)(H,13,14)/t7-/m1/s1. The van der Waals surface area contributed by atoms with E-state index in [9.17, 15) is 18.0 Å². The van der Waals surface area contributed by atoms with Crippen LogP contribution in [-0.4, -0.2) is 42.4 Å². The van der Waals surface area contributed by atoms with Gasteiger partial charge in [-0.3, -0.25) is 9.59 Å². The van der Waals surface area contributed by atoms with Crippen molar-refractivity contribution in [1.82, 2.24) is 5.32 Å². The number of hydrogen-bond acceptors (Lipinski definition) is 4. The molecule has 7 heteroatoms. The van der Waals surface area contributed by atoms with Crippen molar-refractivity contribution in [2.75, 3.05) is 5.75 Å². The van der Waals surface area contributed by atoms with Gasteiger partial charge in [-0.1, -0.05) is 12.8 Å². The first kappa shape index (κ1) is 14.0. The van der Waals surface area contributed by atoms with Gasteiger partial charge in [0.1, 0.15) is 11.8 Å². The van der Waals surface area contributed by atoms with Crippen molar-refractivity contribution in [3.63, 3.8) is 0 Å². The van der Waals surface area contributed by atoms with Crippen LogP contribution < -0.4 is 5.32 Å².